The number of likely N-dealkylation sites (tertiary alicyclic amines) is 1. The van der Waals surface area contributed by atoms with Gasteiger partial charge in [0.25, 0.3) is 0 Å². The number of likely N-dealkylation sites (N-methyl/N-ethyl adjacent to an activating group) is 1. The lowest BCUT2D eigenvalue weighted by Crippen LogP contribution is -2.51. The Bertz CT molecular complexity index is 965. The molecule has 2 unspecified atom stereocenters. The molecule has 3 atom stereocenters. The van der Waals surface area contributed by atoms with Crippen molar-refractivity contribution in [3.05, 3.63) is 29.8 Å². The van der Waals surface area contributed by atoms with Crippen LogP contribution in [0.5, 0.6) is 5.75 Å². The van der Waals surface area contributed by atoms with E-state index in [-0.39, 0.29) is 11.2 Å². The van der Waals surface area contributed by atoms with Crippen LogP contribution < -0.4 is 10.1 Å². The molecular weight excluding hydrogens is 468 g/mol. The molecule has 2 rings (SSSR count). The molecule has 10 heteroatoms. The van der Waals surface area contributed by atoms with Gasteiger partial charge in [0, 0.05) is 12.0 Å². The number of carbonyl (C=O) groups excluding carboxylic acids is 2. The monoisotopic (exact) mass is 506 g/mol. The highest BCUT2D eigenvalue weighted by molar-refractivity contribution is 5.93. The second-order valence-electron chi connectivity index (χ2n) is 10.2. The number of aliphatic hydroxyl groups is 1. The first-order valence-electron chi connectivity index (χ1n) is 12.3. The third-order valence-electron chi connectivity index (χ3n) is 6.88. The number of hydrogen-bond acceptors (Lipinski definition) is 7. The first-order valence-corrected chi connectivity index (χ1v) is 12.3. The predicted octanol–water partition coefficient (Wildman–Crippen LogP) is 2.18. The Morgan fingerprint density at radius 3 is 2.44 bits per heavy atom. The van der Waals surface area contributed by atoms with Crippen molar-refractivity contribution in [1.82, 2.24) is 10.2 Å². The number of carbonyl (C=O) groups is 4. The molecule has 0 bridgehead atoms. The van der Waals surface area contributed by atoms with E-state index in [1.54, 1.807) is 26.0 Å². The summed E-state index contributed by atoms with van der Waals surface area (Å²) in [4.78, 5) is 50.5. The largest absolute Gasteiger partial charge is 0.481 e. The van der Waals surface area contributed by atoms with Gasteiger partial charge in [0.05, 0.1) is 12.8 Å². The molecule has 1 fully saturated rings. The number of ether oxygens (including phenoxy) is 1. The van der Waals surface area contributed by atoms with Crippen molar-refractivity contribution in [2.24, 2.45) is 5.92 Å². The van der Waals surface area contributed by atoms with Gasteiger partial charge in [-0.3, -0.25) is 9.59 Å². The average molecular weight is 507 g/mol. The van der Waals surface area contributed by atoms with Gasteiger partial charge in [-0.25, -0.2) is 9.59 Å². The molecule has 0 aromatic heterocycles. The summed E-state index contributed by atoms with van der Waals surface area (Å²) in [7, 11) is 2.07. The van der Waals surface area contributed by atoms with Gasteiger partial charge in [-0.05, 0) is 56.5 Å². The number of rotatable bonds is 11. The quantitative estimate of drug-likeness (QED) is 0.261. The molecule has 200 valence electrons. The maximum absolute atomic E-state index is 13.0. The van der Waals surface area contributed by atoms with Gasteiger partial charge in [0.2, 0.25) is 5.91 Å². The second kappa shape index (κ2) is 12.3. The zero-order chi connectivity index (χ0) is 27.1. The summed E-state index contributed by atoms with van der Waals surface area (Å²) in [5, 5.41) is 31.7. The van der Waals surface area contributed by atoms with Crippen LogP contribution in [0, 0.1) is 5.92 Å². The van der Waals surface area contributed by atoms with Crippen LogP contribution in [-0.2, 0) is 24.6 Å². The van der Waals surface area contributed by atoms with Gasteiger partial charge in [-0.1, -0.05) is 39.3 Å². The van der Waals surface area contributed by atoms with Crippen LogP contribution in [0.15, 0.2) is 24.3 Å². The maximum Gasteiger partial charge on any atom is 0.344 e. The fraction of sp³-hybridized carbons (Fsp3) is 0.615. The summed E-state index contributed by atoms with van der Waals surface area (Å²) in [5.41, 5.74) is -1.85. The summed E-state index contributed by atoms with van der Waals surface area (Å²) in [6.07, 6.45) is 1.95. The SMILES string of the molecule is CCC1(c2cccc(OC(=O)[C@@](O)(CC(=O)O)CC(=O)NC(C(=O)O)C(C)C)c2)CCCCN(C)C1. The summed E-state index contributed by atoms with van der Waals surface area (Å²) >= 11 is 0. The van der Waals surface area contributed by atoms with Crippen LogP contribution in [0.1, 0.15) is 64.9 Å². The van der Waals surface area contributed by atoms with E-state index in [0.717, 1.165) is 44.3 Å². The number of carboxylic acids is 2. The average Bonchev–Trinajstić information content (AvgIpc) is 2.98. The number of hydrogen-bond donors (Lipinski definition) is 4. The molecule has 0 radical (unpaired) electrons. The van der Waals surface area contributed by atoms with Gasteiger partial charge < -0.3 is 30.3 Å². The topological polar surface area (TPSA) is 153 Å². The van der Waals surface area contributed by atoms with Crippen LogP contribution in [0.2, 0.25) is 0 Å². The minimum atomic E-state index is -2.68. The Hall–Kier alpha value is -2.98. The van der Waals surface area contributed by atoms with Crippen LogP contribution >= 0.6 is 0 Å². The molecule has 1 amide bonds. The van der Waals surface area contributed by atoms with Gasteiger partial charge in [0.1, 0.15) is 11.8 Å². The van der Waals surface area contributed by atoms with Crippen LogP contribution in [0.25, 0.3) is 0 Å². The Morgan fingerprint density at radius 1 is 1.17 bits per heavy atom. The van der Waals surface area contributed by atoms with E-state index < -0.39 is 54.2 Å². The number of esters is 1. The normalized spacial score (nSPS) is 21.2. The molecule has 1 aliphatic rings. The molecule has 1 heterocycles. The first-order chi connectivity index (χ1) is 16.8. The number of carboxylic acid groups (broad SMARTS) is 2. The van der Waals surface area contributed by atoms with Crippen molar-refractivity contribution in [1.29, 1.82) is 0 Å². The highest BCUT2D eigenvalue weighted by atomic mass is 16.6. The van der Waals surface area contributed by atoms with Crippen molar-refractivity contribution in [2.45, 2.75) is 76.4 Å². The molecule has 0 spiro atoms. The van der Waals surface area contributed by atoms with Gasteiger partial charge in [0.15, 0.2) is 5.60 Å². The molecule has 1 aromatic rings. The zero-order valence-corrected chi connectivity index (χ0v) is 21.5. The molecule has 1 aromatic carbocycles. The Kier molecular flexibility index (Phi) is 10.0. The van der Waals surface area contributed by atoms with Gasteiger partial charge >= 0.3 is 17.9 Å². The highest BCUT2D eigenvalue weighted by Crippen LogP contribution is 2.38. The number of benzene rings is 1. The standard InChI is InChI=1S/C26H38N2O8/c1-5-25(11-6-7-12-28(4)16-25)18-9-8-10-19(13-18)36-24(34)26(35,15-21(30)31)14-20(29)27-22(17(2)3)23(32)33/h8-10,13,17,22,35H,5-7,11-12,14-16H2,1-4H3,(H,27,29)(H,30,31)(H,32,33)/t22?,25?,26-/m0/s1. The fourth-order valence-electron chi connectivity index (χ4n) is 4.80. The third-order valence-corrected chi connectivity index (χ3v) is 6.88. The predicted molar refractivity (Wildman–Crippen MR) is 132 cm³/mol. The number of nitrogens with one attached hydrogen (secondary N) is 1. The molecule has 10 nitrogen and oxygen atoms in total. The molecular formula is C26H38N2O8. The van der Waals surface area contributed by atoms with E-state index in [4.69, 9.17) is 4.74 Å². The van der Waals surface area contributed by atoms with Crippen molar-refractivity contribution in [3.63, 3.8) is 0 Å². The summed E-state index contributed by atoms with van der Waals surface area (Å²) in [6, 6.07) is 5.70. The second-order valence-corrected chi connectivity index (χ2v) is 10.2. The minimum absolute atomic E-state index is 0.132. The van der Waals surface area contributed by atoms with Crippen molar-refractivity contribution in [3.8, 4) is 5.75 Å². The van der Waals surface area contributed by atoms with Gasteiger partial charge in [-0.2, -0.15) is 0 Å². The van der Waals surface area contributed by atoms with E-state index in [1.165, 1.54) is 6.07 Å². The summed E-state index contributed by atoms with van der Waals surface area (Å²) < 4.78 is 5.40. The van der Waals surface area contributed by atoms with Crippen LogP contribution in [0.4, 0.5) is 0 Å². The number of aliphatic carboxylic acids is 2. The summed E-state index contributed by atoms with van der Waals surface area (Å²) in [6.45, 7) is 7.12. The maximum atomic E-state index is 13.0. The molecule has 4 N–H and O–H groups in total. The lowest BCUT2D eigenvalue weighted by molar-refractivity contribution is -0.165. The smallest absolute Gasteiger partial charge is 0.344 e. The van der Waals surface area contributed by atoms with Gasteiger partial charge in [-0.15, -0.1) is 0 Å². The molecule has 0 aliphatic carbocycles. The molecule has 1 aliphatic heterocycles. The van der Waals surface area contributed by atoms with Crippen molar-refractivity contribution >= 4 is 23.8 Å². The number of amides is 1. The van der Waals surface area contributed by atoms with E-state index in [2.05, 4.69) is 24.2 Å². The van der Waals surface area contributed by atoms with E-state index in [9.17, 15) is 34.5 Å². The van der Waals surface area contributed by atoms with Crippen LogP contribution in [0.3, 0.4) is 0 Å². The summed E-state index contributed by atoms with van der Waals surface area (Å²) in [5.74, 6) is -5.40. The Balaban J connectivity index is 2.27. The third kappa shape index (κ3) is 7.51. The lowest BCUT2D eigenvalue weighted by atomic mass is 9.74. The van der Waals surface area contributed by atoms with E-state index >= 15 is 0 Å². The Morgan fingerprint density at radius 2 is 1.86 bits per heavy atom. The molecule has 36 heavy (non-hydrogen) atoms. The Labute approximate surface area is 211 Å². The van der Waals surface area contributed by atoms with Crippen LogP contribution in [-0.4, -0.2) is 75.8 Å². The number of nitrogens with zero attached hydrogens (tertiary/aromatic N) is 1. The lowest BCUT2D eigenvalue weighted by Gasteiger charge is -2.35. The minimum Gasteiger partial charge on any atom is -0.481 e. The van der Waals surface area contributed by atoms with E-state index in [1.807, 2.05) is 6.07 Å². The van der Waals surface area contributed by atoms with Crippen molar-refractivity contribution in [2.75, 3.05) is 20.1 Å². The first kappa shape index (κ1) is 29.3. The molecule has 1 saturated heterocycles. The fourth-order valence-corrected chi connectivity index (χ4v) is 4.80. The molecule has 0 saturated carbocycles. The van der Waals surface area contributed by atoms with Crippen molar-refractivity contribution < 1.29 is 39.2 Å². The zero-order valence-electron chi connectivity index (χ0n) is 21.5. The highest BCUT2D eigenvalue weighted by Gasteiger charge is 2.43. The van der Waals surface area contributed by atoms with E-state index in [0.29, 0.717) is 0 Å².